The number of aliphatic carboxylic acids is 1. The van der Waals surface area contributed by atoms with Crippen LogP contribution in [0, 0.1) is 19.7 Å². The van der Waals surface area contributed by atoms with Gasteiger partial charge in [0.2, 0.25) is 0 Å². The number of nitrogens with zero attached hydrogens (tertiary/aromatic N) is 2. The van der Waals surface area contributed by atoms with Crippen LogP contribution in [0.2, 0.25) is 0 Å². The molecule has 3 aromatic rings. The molecule has 0 radical (unpaired) electrons. The second-order valence-corrected chi connectivity index (χ2v) is 6.27. The summed E-state index contributed by atoms with van der Waals surface area (Å²) >= 11 is 0. The standard InChI is InChI=1S/C20H18FN3O3/c1-11-12(2)23-18-9-14(5-8-16(18)22-11)20(27)24-17(10-19(25)26)13-3-6-15(21)7-4-13/h3-9,17H,10H2,1-2H3,(H,24,27)(H,25,26)/t17-/m0/s1. The molecule has 0 unspecified atom stereocenters. The molecule has 0 aliphatic rings. The van der Waals surface area contributed by atoms with Crippen molar-refractivity contribution in [2.75, 3.05) is 0 Å². The lowest BCUT2D eigenvalue weighted by Gasteiger charge is -2.17. The summed E-state index contributed by atoms with van der Waals surface area (Å²) < 4.78 is 13.1. The molecule has 1 amide bonds. The van der Waals surface area contributed by atoms with Crippen molar-refractivity contribution in [2.45, 2.75) is 26.3 Å². The first-order valence-electron chi connectivity index (χ1n) is 8.36. The van der Waals surface area contributed by atoms with Gasteiger partial charge in [0.1, 0.15) is 5.82 Å². The number of carboxylic acids is 1. The minimum Gasteiger partial charge on any atom is -0.481 e. The van der Waals surface area contributed by atoms with Gasteiger partial charge in [0.15, 0.2) is 0 Å². The number of fused-ring (bicyclic) bond motifs is 1. The maximum atomic E-state index is 13.1. The lowest BCUT2D eigenvalue weighted by Crippen LogP contribution is -2.30. The summed E-state index contributed by atoms with van der Waals surface area (Å²) in [7, 11) is 0. The summed E-state index contributed by atoms with van der Waals surface area (Å²) in [4.78, 5) is 32.7. The Kier molecular flexibility index (Phi) is 5.12. The number of carboxylic acid groups (broad SMARTS) is 1. The summed E-state index contributed by atoms with van der Waals surface area (Å²) in [5, 5.41) is 11.8. The van der Waals surface area contributed by atoms with Gasteiger partial charge in [-0.15, -0.1) is 0 Å². The van der Waals surface area contributed by atoms with Gasteiger partial charge < -0.3 is 10.4 Å². The summed E-state index contributed by atoms with van der Waals surface area (Å²) in [5.74, 6) is -1.94. The first-order valence-corrected chi connectivity index (χ1v) is 8.36. The Hall–Kier alpha value is -3.35. The first kappa shape index (κ1) is 18.4. The van der Waals surface area contributed by atoms with Crippen LogP contribution in [0.3, 0.4) is 0 Å². The number of nitrogens with one attached hydrogen (secondary N) is 1. The highest BCUT2D eigenvalue weighted by Gasteiger charge is 2.19. The largest absolute Gasteiger partial charge is 0.481 e. The van der Waals surface area contributed by atoms with E-state index in [1.54, 1.807) is 18.2 Å². The van der Waals surface area contributed by atoms with Crippen molar-refractivity contribution in [1.29, 1.82) is 0 Å². The van der Waals surface area contributed by atoms with Gasteiger partial charge in [0.25, 0.3) is 5.91 Å². The van der Waals surface area contributed by atoms with Crippen molar-refractivity contribution < 1.29 is 19.1 Å². The van der Waals surface area contributed by atoms with Gasteiger partial charge in [0, 0.05) is 5.56 Å². The second kappa shape index (κ2) is 7.49. The minimum absolute atomic E-state index is 0.316. The van der Waals surface area contributed by atoms with Crippen molar-refractivity contribution in [3.8, 4) is 0 Å². The third-order valence-electron chi connectivity index (χ3n) is 4.29. The van der Waals surface area contributed by atoms with Gasteiger partial charge in [-0.2, -0.15) is 0 Å². The van der Waals surface area contributed by atoms with E-state index in [0.717, 1.165) is 11.4 Å². The Balaban J connectivity index is 1.88. The van der Waals surface area contributed by atoms with E-state index >= 15 is 0 Å². The highest BCUT2D eigenvalue weighted by Crippen LogP contribution is 2.20. The molecule has 1 heterocycles. The first-order chi connectivity index (χ1) is 12.8. The van der Waals surface area contributed by atoms with Crippen LogP contribution in [0.25, 0.3) is 11.0 Å². The van der Waals surface area contributed by atoms with Gasteiger partial charge in [-0.05, 0) is 49.7 Å². The van der Waals surface area contributed by atoms with Crippen molar-refractivity contribution in [3.05, 3.63) is 70.8 Å². The van der Waals surface area contributed by atoms with E-state index in [-0.39, 0.29) is 6.42 Å². The van der Waals surface area contributed by atoms with Gasteiger partial charge in [-0.1, -0.05) is 12.1 Å². The van der Waals surface area contributed by atoms with Crippen molar-refractivity contribution in [2.24, 2.45) is 0 Å². The molecule has 1 aromatic heterocycles. The van der Waals surface area contributed by atoms with Crippen LogP contribution in [0.1, 0.15) is 39.8 Å². The number of halogens is 1. The number of benzene rings is 2. The zero-order chi connectivity index (χ0) is 19.6. The second-order valence-electron chi connectivity index (χ2n) is 6.27. The lowest BCUT2D eigenvalue weighted by atomic mass is 10.0. The normalized spacial score (nSPS) is 12.0. The van der Waals surface area contributed by atoms with Gasteiger partial charge >= 0.3 is 5.97 Å². The fraction of sp³-hybridized carbons (Fsp3) is 0.200. The van der Waals surface area contributed by atoms with E-state index in [1.165, 1.54) is 24.3 Å². The Morgan fingerprint density at radius 3 is 2.30 bits per heavy atom. The Bertz CT molecular complexity index is 1020. The highest BCUT2D eigenvalue weighted by molar-refractivity contribution is 5.97. The predicted octanol–water partition coefficient (Wildman–Crippen LogP) is 3.33. The SMILES string of the molecule is Cc1nc2ccc(C(=O)N[C@@H](CC(=O)O)c3ccc(F)cc3)cc2nc1C. The maximum absolute atomic E-state index is 13.1. The zero-order valence-corrected chi connectivity index (χ0v) is 14.9. The Morgan fingerprint density at radius 2 is 1.67 bits per heavy atom. The van der Waals surface area contributed by atoms with Crippen LogP contribution in [-0.2, 0) is 4.79 Å². The third-order valence-corrected chi connectivity index (χ3v) is 4.29. The molecule has 27 heavy (non-hydrogen) atoms. The molecule has 0 saturated carbocycles. The van der Waals surface area contributed by atoms with Gasteiger partial charge in [-0.25, -0.2) is 14.4 Å². The predicted molar refractivity (Wildman–Crippen MR) is 97.9 cm³/mol. The van der Waals surface area contributed by atoms with E-state index < -0.39 is 23.7 Å². The Labute approximate surface area is 155 Å². The fourth-order valence-corrected chi connectivity index (χ4v) is 2.74. The van der Waals surface area contributed by atoms with Gasteiger partial charge in [-0.3, -0.25) is 9.59 Å². The number of aromatic nitrogens is 2. The smallest absolute Gasteiger partial charge is 0.305 e. The van der Waals surface area contributed by atoms with E-state index in [1.807, 2.05) is 13.8 Å². The van der Waals surface area contributed by atoms with Crippen LogP contribution < -0.4 is 5.32 Å². The quantitative estimate of drug-likeness (QED) is 0.722. The molecule has 0 saturated heterocycles. The van der Waals surface area contributed by atoms with Crippen LogP contribution in [-0.4, -0.2) is 27.0 Å². The van der Waals surface area contributed by atoms with E-state index in [0.29, 0.717) is 22.2 Å². The molecule has 2 aromatic carbocycles. The lowest BCUT2D eigenvalue weighted by molar-refractivity contribution is -0.137. The molecular weight excluding hydrogens is 349 g/mol. The molecule has 0 aliphatic heterocycles. The fourth-order valence-electron chi connectivity index (χ4n) is 2.74. The molecule has 2 N–H and O–H groups in total. The average Bonchev–Trinajstić information content (AvgIpc) is 2.62. The molecule has 138 valence electrons. The maximum Gasteiger partial charge on any atom is 0.305 e. The average molecular weight is 367 g/mol. The molecule has 0 spiro atoms. The summed E-state index contributed by atoms with van der Waals surface area (Å²) in [6.45, 7) is 3.70. The molecule has 0 fully saturated rings. The van der Waals surface area contributed by atoms with Crippen LogP contribution in [0.15, 0.2) is 42.5 Å². The number of hydrogen-bond donors (Lipinski definition) is 2. The molecule has 0 bridgehead atoms. The van der Waals surface area contributed by atoms with Crippen molar-refractivity contribution >= 4 is 22.9 Å². The number of rotatable bonds is 5. The third kappa shape index (κ3) is 4.25. The molecular formula is C20H18FN3O3. The molecule has 0 aliphatic carbocycles. The van der Waals surface area contributed by atoms with Crippen LogP contribution in [0.5, 0.6) is 0 Å². The number of carbonyl (C=O) groups excluding carboxylic acids is 1. The van der Waals surface area contributed by atoms with E-state index in [4.69, 9.17) is 5.11 Å². The number of carbonyl (C=O) groups is 2. The molecule has 1 atom stereocenters. The zero-order valence-electron chi connectivity index (χ0n) is 14.9. The van der Waals surface area contributed by atoms with Crippen molar-refractivity contribution in [1.82, 2.24) is 15.3 Å². The highest BCUT2D eigenvalue weighted by atomic mass is 19.1. The number of aryl methyl sites for hydroxylation is 2. The number of hydrogen-bond acceptors (Lipinski definition) is 4. The topological polar surface area (TPSA) is 92.2 Å². The minimum atomic E-state index is -1.07. The summed E-state index contributed by atoms with van der Waals surface area (Å²) in [5.41, 5.74) is 3.71. The summed E-state index contributed by atoms with van der Waals surface area (Å²) in [6, 6.07) is 9.53. The molecule has 3 rings (SSSR count). The molecule has 6 nitrogen and oxygen atoms in total. The van der Waals surface area contributed by atoms with Crippen LogP contribution >= 0.6 is 0 Å². The molecule has 7 heteroatoms. The number of amides is 1. The van der Waals surface area contributed by atoms with E-state index in [2.05, 4.69) is 15.3 Å². The monoisotopic (exact) mass is 367 g/mol. The van der Waals surface area contributed by atoms with Crippen molar-refractivity contribution in [3.63, 3.8) is 0 Å². The van der Waals surface area contributed by atoms with E-state index in [9.17, 15) is 14.0 Å². The van der Waals surface area contributed by atoms with Crippen LogP contribution in [0.4, 0.5) is 4.39 Å². The Morgan fingerprint density at radius 1 is 1.04 bits per heavy atom. The summed E-state index contributed by atoms with van der Waals surface area (Å²) in [6.07, 6.45) is -0.316. The van der Waals surface area contributed by atoms with Gasteiger partial charge in [0.05, 0.1) is 34.9 Å².